The molecule has 2 aromatic carbocycles. The van der Waals surface area contributed by atoms with Gasteiger partial charge in [-0.2, -0.15) is 0 Å². The van der Waals surface area contributed by atoms with Crippen LogP contribution in [0.5, 0.6) is 0 Å². The van der Waals surface area contributed by atoms with Crippen LogP contribution in [0.3, 0.4) is 0 Å². The summed E-state index contributed by atoms with van der Waals surface area (Å²) in [6.45, 7) is 11.7. The molecule has 0 aromatic heterocycles. The second-order valence-corrected chi connectivity index (χ2v) is 13.4. The molecular formula is C26H30Cl2Zr. The monoisotopic (exact) mass is 502 g/mol. The Morgan fingerprint density at radius 1 is 0.828 bits per heavy atom. The predicted octanol–water partition coefficient (Wildman–Crippen LogP) is 7.97. The molecule has 4 rings (SSSR count). The van der Waals surface area contributed by atoms with Crippen LogP contribution < -0.4 is 0 Å². The Kier molecular flexibility index (Phi) is 7.88. The molecule has 29 heavy (non-hydrogen) atoms. The van der Waals surface area contributed by atoms with Crippen molar-refractivity contribution in [3.63, 3.8) is 0 Å². The third-order valence-electron chi connectivity index (χ3n) is 6.70. The van der Waals surface area contributed by atoms with Gasteiger partial charge in [-0.1, -0.05) is 0 Å². The topological polar surface area (TPSA) is 0 Å². The van der Waals surface area contributed by atoms with Gasteiger partial charge >= 0.3 is 172 Å². The van der Waals surface area contributed by atoms with Crippen LogP contribution in [0.15, 0.2) is 74.1 Å². The normalized spacial score (nSPS) is 20.1. The summed E-state index contributed by atoms with van der Waals surface area (Å²) in [5, 5.41) is 0. The van der Waals surface area contributed by atoms with Crippen LogP contribution >= 0.6 is 24.8 Å². The summed E-state index contributed by atoms with van der Waals surface area (Å²) >= 11 is -2.08. The molecule has 2 unspecified atom stereocenters. The van der Waals surface area contributed by atoms with Crippen LogP contribution in [0.2, 0.25) is 0 Å². The molecule has 2 aliphatic carbocycles. The van der Waals surface area contributed by atoms with Crippen molar-refractivity contribution in [2.24, 2.45) is 5.92 Å². The third kappa shape index (κ3) is 3.99. The molecule has 2 atom stereocenters. The molecule has 0 fully saturated rings. The van der Waals surface area contributed by atoms with Gasteiger partial charge in [0.05, 0.1) is 0 Å². The van der Waals surface area contributed by atoms with E-state index < -0.39 is 21.3 Å². The van der Waals surface area contributed by atoms with Gasteiger partial charge in [0.1, 0.15) is 0 Å². The first-order valence-electron chi connectivity index (χ1n) is 9.86. The minimum atomic E-state index is -2.08. The Bertz CT molecular complexity index is 1040. The van der Waals surface area contributed by atoms with E-state index in [9.17, 15) is 0 Å². The molecule has 0 N–H and O–H groups in total. The summed E-state index contributed by atoms with van der Waals surface area (Å²) in [6.07, 6.45) is 2.44. The fraction of sp³-hybridized carbons (Fsp3) is 0.269. The van der Waals surface area contributed by atoms with Crippen molar-refractivity contribution >= 4 is 35.1 Å². The number of halogens is 2. The molecule has 0 saturated carbocycles. The molecule has 0 saturated heterocycles. The van der Waals surface area contributed by atoms with Crippen molar-refractivity contribution in [2.75, 3.05) is 0 Å². The van der Waals surface area contributed by atoms with Crippen molar-refractivity contribution < 1.29 is 21.3 Å². The maximum absolute atomic E-state index is 4.89. The standard InChI is InChI=1S/C16H13.C9H13.CH2.2ClH.Zr/c1-12-10-14-8-5-9-15(16(14)11-12)13-6-3-2-4-7-13;1-6-5-7(2)9(4)8(6)3;;;;/h2-11H,1H3;6H,1-4H3;1H2;2*1H;. The van der Waals surface area contributed by atoms with E-state index in [2.05, 4.69) is 89.2 Å². The second-order valence-electron chi connectivity index (χ2n) is 8.09. The van der Waals surface area contributed by atoms with E-state index in [1.165, 1.54) is 33.4 Å². The van der Waals surface area contributed by atoms with E-state index in [0.717, 1.165) is 0 Å². The van der Waals surface area contributed by atoms with Gasteiger partial charge in [0.2, 0.25) is 0 Å². The first kappa shape index (κ1) is 24.3. The van der Waals surface area contributed by atoms with Crippen molar-refractivity contribution in [3.8, 4) is 11.1 Å². The maximum atomic E-state index is 4.89. The third-order valence-corrected chi connectivity index (χ3v) is 14.0. The summed E-state index contributed by atoms with van der Waals surface area (Å²) in [4.78, 5) is 0. The van der Waals surface area contributed by atoms with Gasteiger partial charge in [0.15, 0.2) is 0 Å². The fourth-order valence-electron chi connectivity index (χ4n) is 4.92. The Morgan fingerprint density at radius 2 is 1.48 bits per heavy atom. The zero-order valence-corrected chi connectivity index (χ0v) is 22.0. The van der Waals surface area contributed by atoms with Gasteiger partial charge in [-0.25, -0.2) is 0 Å². The zero-order valence-electron chi connectivity index (χ0n) is 17.9. The summed E-state index contributed by atoms with van der Waals surface area (Å²) in [5.41, 5.74) is 11.8. The SMILES string of the molecule is Cl.Cl.[CH2]=[Zr]([C]1=C(C)C(C)=C(C)C1C)[CH]1C(C)=Cc2c(-c3ccccc3)cccc21. The van der Waals surface area contributed by atoms with E-state index in [-0.39, 0.29) is 24.8 Å². The van der Waals surface area contributed by atoms with E-state index in [1.54, 1.807) is 14.4 Å². The van der Waals surface area contributed by atoms with E-state index in [0.29, 0.717) is 9.54 Å². The van der Waals surface area contributed by atoms with E-state index in [1.807, 2.05) is 0 Å². The van der Waals surface area contributed by atoms with Gasteiger partial charge in [-0.15, -0.1) is 24.8 Å². The Balaban J connectivity index is 0.00000150. The van der Waals surface area contributed by atoms with Crippen LogP contribution in [0.1, 0.15) is 49.4 Å². The number of benzene rings is 2. The molecule has 2 aliphatic rings. The number of allylic oxidation sites excluding steroid dienone is 5. The zero-order chi connectivity index (χ0) is 19.3. The van der Waals surface area contributed by atoms with Crippen LogP contribution in [-0.4, -0.2) is 4.21 Å². The summed E-state index contributed by atoms with van der Waals surface area (Å²) < 4.78 is 7.19. The van der Waals surface area contributed by atoms with E-state index in [4.69, 9.17) is 4.21 Å². The fourth-order valence-corrected chi connectivity index (χ4v) is 12.3. The second kappa shape index (κ2) is 9.42. The molecule has 2 aromatic rings. The van der Waals surface area contributed by atoms with Crippen molar-refractivity contribution in [1.82, 2.24) is 0 Å². The first-order chi connectivity index (χ1) is 12.9. The predicted molar refractivity (Wildman–Crippen MR) is 130 cm³/mol. The van der Waals surface area contributed by atoms with Gasteiger partial charge in [-0.05, 0) is 0 Å². The minimum absolute atomic E-state index is 0. The van der Waals surface area contributed by atoms with E-state index >= 15 is 0 Å². The van der Waals surface area contributed by atoms with Crippen molar-refractivity contribution in [2.45, 2.75) is 38.2 Å². The number of hydrogen-bond acceptors (Lipinski definition) is 0. The molecule has 3 heteroatoms. The molecule has 0 amide bonds. The Labute approximate surface area is 195 Å². The molecule has 0 heterocycles. The van der Waals surface area contributed by atoms with Gasteiger partial charge in [0.25, 0.3) is 0 Å². The van der Waals surface area contributed by atoms with Gasteiger partial charge in [-0.3, -0.25) is 0 Å². The van der Waals surface area contributed by atoms with Crippen molar-refractivity contribution in [3.05, 3.63) is 85.2 Å². The summed E-state index contributed by atoms with van der Waals surface area (Å²) in [6, 6.07) is 17.7. The van der Waals surface area contributed by atoms with Crippen LogP contribution in [0.25, 0.3) is 17.2 Å². The quantitative estimate of drug-likeness (QED) is 0.398. The van der Waals surface area contributed by atoms with Crippen molar-refractivity contribution in [1.29, 1.82) is 0 Å². The Hall–Kier alpha value is -1.01. The number of fused-ring (bicyclic) bond motifs is 1. The molecule has 0 spiro atoms. The molecular weight excluding hydrogens is 474 g/mol. The van der Waals surface area contributed by atoms with Crippen LogP contribution in [0, 0.1) is 5.92 Å². The van der Waals surface area contributed by atoms with Gasteiger partial charge < -0.3 is 0 Å². The summed E-state index contributed by atoms with van der Waals surface area (Å²) in [7, 11) is 0. The average Bonchev–Trinajstić information content (AvgIpc) is 3.11. The van der Waals surface area contributed by atoms with Crippen LogP contribution in [0.4, 0.5) is 0 Å². The molecule has 0 nitrogen and oxygen atoms in total. The Morgan fingerprint density at radius 3 is 2.07 bits per heavy atom. The number of rotatable bonds is 3. The van der Waals surface area contributed by atoms with Crippen LogP contribution in [-0.2, 0) is 21.3 Å². The van der Waals surface area contributed by atoms with Gasteiger partial charge in [0, 0.05) is 0 Å². The molecule has 152 valence electrons. The molecule has 0 bridgehead atoms. The summed E-state index contributed by atoms with van der Waals surface area (Å²) in [5.74, 6) is 0.589. The molecule has 0 aliphatic heterocycles. The first-order valence-corrected chi connectivity index (χ1v) is 14.2. The average molecular weight is 505 g/mol. The number of hydrogen-bond donors (Lipinski definition) is 0. The molecule has 0 radical (unpaired) electrons.